The molecule has 0 unspecified atom stereocenters. The summed E-state index contributed by atoms with van der Waals surface area (Å²) in [6.45, 7) is 3.90. The Morgan fingerprint density at radius 3 is 2.47 bits per heavy atom. The molecule has 1 amide bonds. The molecule has 9 heteroatoms. The van der Waals surface area contributed by atoms with Gasteiger partial charge in [-0.25, -0.2) is 4.98 Å². The van der Waals surface area contributed by atoms with Gasteiger partial charge in [-0.2, -0.15) is 0 Å². The number of Topliss-reactive ketones (excluding diaryl/α,β-unsaturated/α-hetero) is 1. The molecule has 4 rings (SSSR count). The van der Waals surface area contributed by atoms with Crippen LogP contribution < -0.4 is 10.9 Å². The summed E-state index contributed by atoms with van der Waals surface area (Å²) >= 11 is 5.93. The van der Waals surface area contributed by atoms with E-state index >= 15 is 0 Å². The zero-order valence-electron chi connectivity index (χ0n) is 17.8. The molecule has 1 fully saturated rings. The molecule has 1 aliphatic rings. The van der Waals surface area contributed by atoms with Crippen molar-refractivity contribution in [1.82, 2.24) is 19.4 Å². The first-order valence-corrected chi connectivity index (χ1v) is 10.8. The fourth-order valence-electron chi connectivity index (χ4n) is 3.64. The lowest BCUT2D eigenvalue weighted by Gasteiger charge is -2.31. The first kappa shape index (κ1) is 22.1. The summed E-state index contributed by atoms with van der Waals surface area (Å²) in [4.78, 5) is 46.2. The number of rotatable bonds is 6. The second-order valence-corrected chi connectivity index (χ2v) is 8.40. The van der Waals surface area contributed by atoms with Crippen LogP contribution in [0, 0.1) is 0 Å². The molecule has 2 aromatic carbocycles. The SMILES string of the molecule is CN1CCN(CC(=O)c2ccc(NC(=O)Cn3cnc4cc(Cl)ccc4c3=O)cc2)CC1. The van der Waals surface area contributed by atoms with Crippen LogP contribution in [0.25, 0.3) is 10.9 Å². The van der Waals surface area contributed by atoms with Crippen molar-refractivity contribution in [2.75, 3.05) is 45.1 Å². The van der Waals surface area contributed by atoms with Gasteiger partial charge in [0.15, 0.2) is 5.78 Å². The van der Waals surface area contributed by atoms with Crippen LogP contribution in [0.15, 0.2) is 53.6 Å². The van der Waals surface area contributed by atoms with Gasteiger partial charge in [0.2, 0.25) is 5.91 Å². The average Bonchev–Trinajstić information content (AvgIpc) is 2.77. The van der Waals surface area contributed by atoms with Gasteiger partial charge in [-0.15, -0.1) is 0 Å². The van der Waals surface area contributed by atoms with Gasteiger partial charge in [0.1, 0.15) is 6.54 Å². The summed E-state index contributed by atoms with van der Waals surface area (Å²) in [5, 5.41) is 3.64. The summed E-state index contributed by atoms with van der Waals surface area (Å²) in [6, 6.07) is 11.6. The highest BCUT2D eigenvalue weighted by molar-refractivity contribution is 6.31. The summed E-state index contributed by atoms with van der Waals surface area (Å²) in [5.41, 5.74) is 1.33. The van der Waals surface area contributed by atoms with E-state index in [1.165, 1.54) is 10.9 Å². The van der Waals surface area contributed by atoms with Gasteiger partial charge in [0.25, 0.3) is 5.56 Å². The van der Waals surface area contributed by atoms with Crippen molar-refractivity contribution in [3.8, 4) is 0 Å². The summed E-state index contributed by atoms with van der Waals surface area (Å²) in [6.07, 6.45) is 1.33. The monoisotopic (exact) mass is 453 g/mol. The molecule has 3 aromatic rings. The third-order valence-corrected chi connectivity index (χ3v) is 5.79. The van der Waals surface area contributed by atoms with Crippen molar-refractivity contribution in [2.45, 2.75) is 6.54 Å². The molecule has 1 aliphatic heterocycles. The number of likely N-dealkylation sites (N-methyl/N-ethyl adjacent to an activating group) is 1. The fourth-order valence-corrected chi connectivity index (χ4v) is 3.81. The number of nitrogens with one attached hydrogen (secondary N) is 1. The Balaban J connectivity index is 1.36. The third kappa shape index (κ3) is 5.21. The van der Waals surface area contributed by atoms with Crippen molar-refractivity contribution >= 4 is 39.9 Å². The quantitative estimate of drug-likeness (QED) is 0.575. The lowest BCUT2D eigenvalue weighted by Crippen LogP contribution is -2.46. The normalized spacial score (nSPS) is 15.1. The molecular formula is C23H24ClN5O3. The van der Waals surface area contributed by atoms with Gasteiger partial charge in [-0.05, 0) is 49.5 Å². The number of benzene rings is 2. The first-order chi connectivity index (χ1) is 15.4. The van der Waals surface area contributed by atoms with Gasteiger partial charge in [-0.3, -0.25) is 23.9 Å². The molecular weight excluding hydrogens is 430 g/mol. The van der Waals surface area contributed by atoms with Crippen molar-refractivity contribution < 1.29 is 9.59 Å². The van der Waals surface area contributed by atoms with E-state index < -0.39 is 0 Å². The minimum atomic E-state index is -0.362. The number of carbonyl (C=O) groups is 2. The van der Waals surface area contributed by atoms with E-state index in [9.17, 15) is 14.4 Å². The summed E-state index contributed by atoms with van der Waals surface area (Å²) in [5.74, 6) is -0.306. The molecule has 1 saturated heterocycles. The van der Waals surface area contributed by atoms with Crippen molar-refractivity contribution in [3.63, 3.8) is 0 Å². The van der Waals surface area contributed by atoms with Crippen LogP contribution in [-0.4, -0.2) is 70.8 Å². The van der Waals surface area contributed by atoms with E-state index in [-0.39, 0.29) is 23.8 Å². The lowest BCUT2D eigenvalue weighted by molar-refractivity contribution is -0.116. The molecule has 32 heavy (non-hydrogen) atoms. The smallest absolute Gasteiger partial charge is 0.261 e. The second kappa shape index (κ2) is 9.60. The lowest BCUT2D eigenvalue weighted by atomic mass is 10.1. The van der Waals surface area contributed by atoms with Crippen LogP contribution in [0.5, 0.6) is 0 Å². The van der Waals surface area contributed by atoms with Crippen molar-refractivity contribution in [2.24, 2.45) is 0 Å². The number of piperazine rings is 1. The number of halogens is 1. The minimum Gasteiger partial charge on any atom is -0.325 e. The number of carbonyl (C=O) groups excluding carboxylic acids is 2. The van der Waals surface area contributed by atoms with Crippen LogP contribution in [0.4, 0.5) is 5.69 Å². The van der Waals surface area contributed by atoms with Gasteiger partial charge in [-0.1, -0.05) is 11.6 Å². The average molecular weight is 454 g/mol. The van der Waals surface area contributed by atoms with Crippen LogP contribution in [0.3, 0.4) is 0 Å². The topological polar surface area (TPSA) is 87.5 Å². The molecule has 0 saturated carbocycles. The molecule has 0 aliphatic carbocycles. The molecule has 1 aromatic heterocycles. The van der Waals surface area contributed by atoms with Gasteiger partial charge < -0.3 is 10.2 Å². The molecule has 0 bridgehead atoms. The highest BCUT2D eigenvalue weighted by Gasteiger charge is 2.17. The Morgan fingerprint density at radius 2 is 1.75 bits per heavy atom. The molecule has 8 nitrogen and oxygen atoms in total. The maximum atomic E-state index is 12.6. The Kier molecular flexibility index (Phi) is 6.64. The van der Waals surface area contributed by atoms with E-state index in [0.29, 0.717) is 33.7 Å². The van der Waals surface area contributed by atoms with Gasteiger partial charge in [0, 0.05) is 42.5 Å². The molecule has 166 valence electrons. The highest BCUT2D eigenvalue weighted by Crippen LogP contribution is 2.15. The predicted octanol–water partition coefficient (Wildman–Crippen LogP) is 2.12. The molecule has 2 heterocycles. The fraction of sp³-hybridized carbons (Fsp3) is 0.304. The summed E-state index contributed by atoms with van der Waals surface area (Å²) < 4.78 is 1.25. The van der Waals surface area contributed by atoms with Crippen LogP contribution >= 0.6 is 11.6 Å². The van der Waals surface area contributed by atoms with Gasteiger partial charge >= 0.3 is 0 Å². The number of amides is 1. The number of hydrogen-bond acceptors (Lipinski definition) is 6. The largest absolute Gasteiger partial charge is 0.325 e. The molecule has 0 radical (unpaired) electrons. The van der Waals surface area contributed by atoms with E-state index in [2.05, 4.69) is 27.1 Å². The number of fused-ring (bicyclic) bond motifs is 1. The summed E-state index contributed by atoms with van der Waals surface area (Å²) in [7, 11) is 2.08. The van der Waals surface area contributed by atoms with Crippen LogP contribution in [-0.2, 0) is 11.3 Å². The Hall–Kier alpha value is -3.07. The van der Waals surface area contributed by atoms with E-state index in [1.807, 2.05) is 0 Å². The third-order valence-electron chi connectivity index (χ3n) is 5.55. The van der Waals surface area contributed by atoms with Crippen molar-refractivity contribution in [1.29, 1.82) is 0 Å². The number of nitrogens with zero attached hydrogens (tertiary/aromatic N) is 4. The molecule has 1 N–H and O–H groups in total. The number of hydrogen-bond donors (Lipinski definition) is 1. The number of anilines is 1. The number of aromatic nitrogens is 2. The minimum absolute atomic E-state index is 0.0568. The van der Waals surface area contributed by atoms with Crippen molar-refractivity contribution in [3.05, 3.63) is 69.7 Å². The van der Waals surface area contributed by atoms with E-state index in [1.54, 1.807) is 42.5 Å². The molecule has 0 atom stereocenters. The first-order valence-electron chi connectivity index (χ1n) is 10.4. The Labute approximate surface area is 190 Å². The van der Waals surface area contributed by atoms with E-state index in [0.717, 1.165) is 26.2 Å². The second-order valence-electron chi connectivity index (χ2n) is 7.97. The van der Waals surface area contributed by atoms with Gasteiger partial charge in [0.05, 0.1) is 23.8 Å². The predicted molar refractivity (Wildman–Crippen MR) is 124 cm³/mol. The zero-order chi connectivity index (χ0) is 22.7. The number of ketones is 1. The zero-order valence-corrected chi connectivity index (χ0v) is 18.5. The van der Waals surface area contributed by atoms with Crippen LogP contribution in [0.1, 0.15) is 10.4 Å². The maximum Gasteiger partial charge on any atom is 0.261 e. The molecule has 0 spiro atoms. The standard InChI is InChI=1S/C23H24ClN5O3/c1-27-8-10-28(11-9-27)13-21(30)16-2-5-18(6-3-16)26-22(31)14-29-15-25-20-12-17(24)4-7-19(20)23(29)32/h2-7,12,15H,8-11,13-14H2,1H3,(H,26,31). The Bertz CT molecular complexity index is 1200. The Morgan fingerprint density at radius 1 is 1.03 bits per heavy atom. The van der Waals surface area contributed by atoms with E-state index in [4.69, 9.17) is 11.6 Å². The van der Waals surface area contributed by atoms with Crippen LogP contribution in [0.2, 0.25) is 5.02 Å². The highest BCUT2D eigenvalue weighted by atomic mass is 35.5. The maximum absolute atomic E-state index is 12.6.